The van der Waals surface area contributed by atoms with Crippen LogP contribution < -0.4 is 0 Å². The number of hydrogen-bond donors (Lipinski definition) is 1. The Morgan fingerprint density at radius 1 is 1.42 bits per heavy atom. The van der Waals surface area contributed by atoms with Crippen LogP contribution in [0, 0.1) is 15.9 Å². The topological polar surface area (TPSA) is 89.2 Å². The highest BCUT2D eigenvalue weighted by Gasteiger charge is 2.22. The fourth-order valence-corrected chi connectivity index (χ4v) is 2.32. The molecule has 0 fully saturated rings. The zero-order valence-electron chi connectivity index (χ0n) is 10.1. The average Bonchev–Trinajstić information content (AvgIpc) is 2.81. The van der Waals surface area contributed by atoms with E-state index in [-0.39, 0.29) is 16.5 Å². The van der Waals surface area contributed by atoms with E-state index in [0.29, 0.717) is 11.1 Å². The van der Waals surface area contributed by atoms with Gasteiger partial charge in [-0.1, -0.05) is 25.2 Å². The summed E-state index contributed by atoms with van der Waals surface area (Å²) in [5.41, 5.74) is -0.380. The van der Waals surface area contributed by atoms with Crippen molar-refractivity contribution >= 4 is 17.0 Å². The molecule has 2 rings (SSSR count). The van der Waals surface area contributed by atoms with Crippen molar-refractivity contribution < 1.29 is 14.4 Å². The van der Waals surface area contributed by atoms with E-state index in [1.807, 2.05) is 13.8 Å². The Morgan fingerprint density at radius 2 is 2.11 bits per heavy atom. The average molecular weight is 283 g/mol. The molecule has 1 aromatic heterocycles. The van der Waals surface area contributed by atoms with Crippen LogP contribution >= 0.6 is 11.3 Å². The van der Waals surface area contributed by atoms with Gasteiger partial charge in [0.1, 0.15) is 5.01 Å². The number of hydrogen-bond acceptors (Lipinski definition) is 6. The molecule has 8 heteroatoms. The van der Waals surface area contributed by atoms with Crippen LogP contribution in [0.4, 0.5) is 10.1 Å². The quantitative estimate of drug-likeness (QED) is 0.690. The van der Waals surface area contributed by atoms with Gasteiger partial charge in [0.25, 0.3) is 5.69 Å². The van der Waals surface area contributed by atoms with Gasteiger partial charge in [-0.2, -0.15) is 0 Å². The third kappa shape index (κ3) is 2.53. The zero-order chi connectivity index (χ0) is 14.2. The van der Waals surface area contributed by atoms with Crippen LogP contribution in [0.5, 0.6) is 5.75 Å². The van der Waals surface area contributed by atoms with Gasteiger partial charge in [0, 0.05) is 12.0 Å². The molecule has 1 heterocycles. The normalized spacial score (nSPS) is 10.9. The lowest BCUT2D eigenvalue weighted by molar-refractivity contribution is -0.384. The first-order chi connectivity index (χ1) is 8.90. The third-order valence-corrected chi connectivity index (χ3v) is 3.68. The van der Waals surface area contributed by atoms with Crippen molar-refractivity contribution in [3.05, 3.63) is 33.1 Å². The van der Waals surface area contributed by atoms with Crippen LogP contribution in [-0.4, -0.2) is 20.2 Å². The summed E-state index contributed by atoms with van der Waals surface area (Å²) in [6.07, 6.45) is 0. The lowest BCUT2D eigenvalue weighted by atomic mass is 10.1. The van der Waals surface area contributed by atoms with Crippen molar-refractivity contribution in [3.63, 3.8) is 0 Å². The number of rotatable bonds is 3. The summed E-state index contributed by atoms with van der Waals surface area (Å²) in [7, 11) is 0. The molecule has 19 heavy (non-hydrogen) atoms. The minimum absolute atomic E-state index is 0.0632. The second kappa shape index (κ2) is 4.88. The number of phenolic OH excluding ortho intramolecular Hbond substituents is 1. The van der Waals surface area contributed by atoms with E-state index in [1.165, 1.54) is 11.3 Å². The Morgan fingerprint density at radius 3 is 2.63 bits per heavy atom. The number of nitro groups is 1. The minimum Gasteiger partial charge on any atom is -0.505 e. The number of nitrogens with zero attached hydrogens (tertiary/aromatic N) is 3. The summed E-state index contributed by atoms with van der Waals surface area (Å²) in [5.74, 6) is -1.55. The van der Waals surface area contributed by atoms with Crippen molar-refractivity contribution in [2.24, 2.45) is 0 Å². The van der Waals surface area contributed by atoms with Crippen LogP contribution in [0.1, 0.15) is 24.8 Å². The molecule has 100 valence electrons. The largest absolute Gasteiger partial charge is 0.505 e. The predicted molar refractivity (Wildman–Crippen MR) is 67.7 cm³/mol. The molecule has 0 amide bonds. The lowest BCUT2D eigenvalue weighted by Gasteiger charge is -2.01. The number of phenols is 1. The van der Waals surface area contributed by atoms with Crippen molar-refractivity contribution in [3.8, 4) is 16.3 Å². The number of aromatic nitrogens is 2. The van der Waals surface area contributed by atoms with Crippen LogP contribution in [0.2, 0.25) is 0 Å². The molecule has 0 atom stereocenters. The SMILES string of the molecule is CC(C)c1nnc(-c2cc(O)c(F)cc2[N+](=O)[O-])s1. The first-order valence-electron chi connectivity index (χ1n) is 5.40. The maximum absolute atomic E-state index is 13.2. The lowest BCUT2D eigenvalue weighted by Crippen LogP contribution is -1.93. The van der Waals surface area contributed by atoms with Gasteiger partial charge in [-0.25, -0.2) is 4.39 Å². The fourth-order valence-electron chi connectivity index (χ4n) is 1.45. The van der Waals surface area contributed by atoms with Crippen molar-refractivity contribution in [2.75, 3.05) is 0 Å². The summed E-state index contributed by atoms with van der Waals surface area (Å²) >= 11 is 1.18. The Kier molecular flexibility index (Phi) is 3.43. The predicted octanol–water partition coefficient (Wildman–Crippen LogP) is 3.08. The summed E-state index contributed by atoms with van der Waals surface area (Å²) in [6, 6.07) is 1.68. The molecule has 0 aliphatic heterocycles. The van der Waals surface area contributed by atoms with Gasteiger partial charge in [-0.05, 0) is 0 Å². The molecule has 0 spiro atoms. The highest BCUT2D eigenvalue weighted by atomic mass is 32.1. The maximum atomic E-state index is 13.2. The molecule has 2 aromatic rings. The van der Waals surface area contributed by atoms with E-state index < -0.39 is 22.2 Å². The Balaban J connectivity index is 2.59. The second-order valence-corrected chi connectivity index (χ2v) is 5.19. The van der Waals surface area contributed by atoms with Gasteiger partial charge in [-0.3, -0.25) is 10.1 Å². The smallest absolute Gasteiger partial charge is 0.282 e. The Bertz CT molecular complexity index is 642. The first kappa shape index (κ1) is 13.3. The number of halogens is 1. The molecule has 0 saturated carbocycles. The molecule has 1 N–H and O–H groups in total. The molecule has 0 aliphatic carbocycles. The highest BCUT2D eigenvalue weighted by Crippen LogP contribution is 2.37. The van der Waals surface area contributed by atoms with Gasteiger partial charge >= 0.3 is 0 Å². The van der Waals surface area contributed by atoms with Crippen LogP contribution in [-0.2, 0) is 0 Å². The van der Waals surface area contributed by atoms with E-state index in [0.717, 1.165) is 6.07 Å². The maximum Gasteiger partial charge on any atom is 0.282 e. The minimum atomic E-state index is -1.04. The summed E-state index contributed by atoms with van der Waals surface area (Å²) in [4.78, 5) is 10.2. The van der Waals surface area contributed by atoms with Crippen molar-refractivity contribution in [1.82, 2.24) is 10.2 Å². The molecule has 1 aromatic carbocycles. The van der Waals surface area contributed by atoms with E-state index in [1.54, 1.807) is 0 Å². The number of benzene rings is 1. The summed E-state index contributed by atoms with van der Waals surface area (Å²) in [5, 5.41) is 29.0. The molecule has 0 unspecified atom stereocenters. The van der Waals surface area contributed by atoms with Crippen LogP contribution in [0.25, 0.3) is 10.6 Å². The Labute approximate surface area is 111 Å². The van der Waals surface area contributed by atoms with Gasteiger partial charge in [-0.15, -0.1) is 10.2 Å². The van der Waals surface area contributed by atoms with Gasteiger partial charge in [0.05, 0.1) is 16.6 Å². The molecule has 0 bridgehead atoms. The van der Waals surface area contributed by atoms with Crippen molar-refractivity contribution in [2.45, 2.75) is 19.8 Å². The summed E-state index contributed by atoms with van der Waals surface area (Å²) < 4.78 is 13.2. The van der Waals surface area contributed by atoms with E-state index in [9.17, 15) is 19.6 Å². The standard InChI is InChI=1S/C11H10FN3O3S/c1-5(2)10-13-14-11(19-10)6-3-9(16)7(12)4-8(6)15(17)18/h3-5,16H,1-2H3. The van der Waals surface area contributed by atoms with Gasteiger partial charge in [0.2, 0.25) is 0 Å². The first-order valence-corrected chi connectivity index (χ1v) is 6.22. The molecular weight excluding hydrogens is 273 g/mol. The number of nitro benzene ring substituents is 1. The molecule has 0 saturated heterocycles. The summed E-state index contributed by atoms with van der Waals surface area (Å²) in [6.45, 7) is 3.83. The third-order valence-electron chi connectivity index (χ3n) is 2.43. The van der Waals surface area contributed by atoms with Gasteiger partial charge in [0.15, 0.2) is 16.6 Å². The highest BCUT2D eigenvalue weighted by molar-refractivity contribution is 7.14. The monoisotopic (exact) mass is 283 g/mol. The molecular formula is C11H10FN3O3S. The van der Waals surface area contributed by atoms with Crippen LogP contribution in [0.3, 0.4) is 0 Å². The molecule has 0 radical (unpaired) electrons. The molecule has 0 aliphatic rings. The number of aromatic hydroxyl groups is 1. The van der Waals surface area contributed by atoms with E-state index in [4.69, 9.17) is 0 Å². The van der Waals surface area contributed by atoms with E-state index in [2.05, 4.69) is 10.2 Å². The second-order valence-electron chi connectivity index (χ2n) is 4.18. The molecule has 6 nitrogen and oxygen atoms in total. The zero-order valence-corrected chi connectivity index (χ0v) is 10.9. The van der Waals surface area contributed by atoms with Gasteiger partial charge < -0.3 is 5.11 Å². The van der Waals surface area contributed by atoms with E-state index >= 15 is 0 Å². The Hall–Kier alpha value is -2.09. The van der Waals surface area contributed by atoms with Crippen LogP contribution in [0.15, 0.2) is 12.1 Å². The fraction of sp³-hybridized carbons (Fsp3) is 0.273. The van der Waals surface area contributed by atoms with Crippen molar-refractivity contribution in [1.29, 1.82) is 0 Å².